The van der Waals surface area contributed by atoms with Crippen LogP contribution in [0.15, 0.2) is 0 Å². The SMILES string of the molecule is CC(C)(C)OC(=O)CCC1CNCC(N)CN1. The van der Waals surface area contributed by atoms with Crippen molar-refractivity contribution >= 4 is 5.97 Å². The van der Waals surface area contributed by atoms with Crippen molar-refractivity contribution in [2.75, 3.05) is 19.6 Å². The van der Waals surface area contributed by atoms with Gasteiger partial charge in [-0.25, -0.2) is 0 Å². The van der Waals surface area contributed by atoms with Gasteiger partial charge in [-0.2, -0.15) is 0 Å². The zero-order chi connectivity index (χ0) is 12.9. The van der Waals surface area contributed by atoms with E-state index >= 15 is 0 Å². The van der Waals surface area contributed by atoms with Crippen LogP contribution >= 0.6 is 0 Å². The number of carbonyl (C=O) groups excluding carboxylic acids is 1. The maximum Gasteiger partial charge on any atom is 0.306 e. The highest BCUT2D eigenvalue weighted by Crippen LogP contribution is 2.10. The van der Waals surface area contributed by atoms with Gasteiger partial charge in [0.15, 0.2) is 0 Å². The number of esters is 1. The topological polar surface area (TPSA) is 76.4 Å². The molecule has 100 valence electrons. The largest absolute Gasteiger partial charge is 0.460 e. The smallest absolute Gasteiger partial charge is 0.306 e. The first kappa shape index (κ1) is 14.4. The number of hydrogen-bond donors (Lipinski definition) is 3. The normalized spacial score (nSPS) is 26.4. The third-order valence-electron chi connectivity index (χ3n) is 2.58. The Bertz CT molecular complexity index is 251. The summed E-state index contributed by atoms with van der Waals surface area (Å²) in [4.78, 5) is 11.6. The Morgan fingerprint density at radius 2 is 2.06 bits per heavy atom. The van der Waals surface area contributed by atoms with E-state index in [1.54, 1.807) is 0 Å². The molecule has 1 heterocycles. The summed E-state index contributed by atoms with van der Waals surface area (Å²) in [5.74, 6) is -0.132. The van der Waals surface area contributed by atoms with Crippen LogP contribution in [0, 0.1) is 0 Å². The van der Waals surface area contributed by atoms with Gasteiger partial charge >= 0.3 is 5.97 Å². The van der Waals surface area contributed by atoms with Gasteiger partial charge in [0, 0.05) is 38.1 Å². The molecule has 1 aliphatic rings. The maximum absolute atomic E-state index is 11.6. The molecule has 1 fully saturated rings. The zero-order valence-electron chi connectivity index (χ0n) is 11.1. The van der Waals surface area contributed by atoms with Crippen LogP contribution in [0.4, 0.5) is 0 Å². The van der Waals surface area contributed by atoms with Crippen molar-refractivity contribution in [1.82, 2.24) is 10.6 Å². The molecule has 2 atom stereocenters. The first-order valence-corrected chi connectivity index (χ1v) is 6.28. The van der Waals surface area contributed by atoms with E-state index in [1.165, 1.54) is 0 Å². The molecule has 5 nitrogen and oxygen atoms in total. The number of hydrogen-bond acceptors (Lipinski definition) is 5. The van der Waals surface area contributed by atoms with Crippen molar-refractivity contribution in [1.29, 1.82) is 0 Å². The lowest BCUT2D eigenvalue weighted by Crippen LogP contribution is -2.39. The van der Waals surface area contributed by atoms with E-state index in [2.05, 4.69) is 10.6 Å². The second-order valence-electron chi connectivity index (χ2n) is 5.65. The molecule has 0 spiro atoms. The van der Waals surface area contributed by atoms with E-state index < -0.39 is 5.60 Å². The summed E-state index contributed by atoms with van der Waals surface area (Å²) < 4.78 is 5.27. The maximum atomic E-state index is 11.6. The quantitative estimate of drug-likeness (QED) is 0.608. The second-order valence-corrected chi connectivity index (χ2v) is 5.65. The predicted molar refractivity (Wildman–Crippen MR) is 67.7 cm³/mol. The summed E-state index contributed by atoms with van der Waals surface area (Å²) in [6.07, 6.45) is 1.24. The Balaban J connectivity index is 2.23. The molecule has 0 aromatic carbocycles. The fourth-order valence-electron chi connectivity index (χ4n) is 1.79. The number of carbonyl (C=O) groups is 1. The van der Waals surface area contributed by atoms with Crippen molar-refractivity contribution in [3.63, 3.8) is 0 Å². The van der Waals surface area contributed by atoms with E-state index in [9.17, 15) is 4.79 Å². The van der Waals surface area contributed by atoms with Crippen molar-refractivity contribution in [3.8, 4) is 0 Å². The van der Waals surface area contributed by atoms with E-state index in [4.69, 9.17) is 10.5 Å². The molecule has 5 heteroatoms. The number of rotatable bonds is 3. The first-order chi connectivity index (χ1) is 7.87. The Hall–Kier alpha value is -0.650. The minimum absolute atomic E-state index is 0.132. The average Bonchev–Trinajstić information content (AvgIpc) is 2.37. The highest BCUT2D eigenvalue weighted by atomic mass is 16.6. The van der Waals surface area contributed by atoms with Crippen molar-refractivity contribution in [3.05, 3.63) is 0 Å². The van der Waals surface area contributed by atoms with Gasteiger partial charge in [-0.15, -0.1) is 0 Å². The predicted octanol–water partition coefficient (Wildman–Crippen LogP) is -0.00300. The van der Waals surface area contributed by atoms with Crippen LogP contribution in [0.25, 0.3) is 0 Å². The monoisotopic (exact) mass is 243 g/mol. The highest BCUT2D eigenvalue weighted by molar-refractivity contribution is 5.69. The third-order valence-corrected chi connectivity index (χ3v) is 2.58. The molecule has 1 rings (SSSR count). The van der Waals surface area contributed by atoms with Crippen molar-refractivity contribution < 1.29 is 9.53 Å². The molecule has 0 aromatic rings. The molecule has 1 saturated heterocycles. The van der Waals surface area contributed by atoms with Crippen LogP contribution in [0.2, 0.25) is 0 Å². The molecule has 17 heavy (non-hydrogen) atoms. The van der Waals surface area contributed by atoms with Gasteiger partial charge in [-0.05, 0) is 27.2 Å². The van der Waals surface area contributed by atoms with Gasteiger partial charge in [0.2, 0.25) is 0 Å². The molecule has 0 radical (unpaired) electrons. The molecule has 0 bridgehead atoms. The third kappa shape index (κ3) is 6.61. The standard InChI is InChI=1S/C12H25N3O2/c1-12(2,3)17-11(16)5-4-10-8-14-6-9(13)7-15-10/h9-10,14-15H,4-8,13H2,1-3H3. The van der Waals surface area contributed by atoms with Gasteiger partial charge < -0.3 is 21.1 Å². The van der Waals surface area contributed by atoms with E-state index in [0.29, 0.717) is 12.5 Å². The van der Waals surface area contributed by atoms with E-state index in [0.717, 1.165) is 26.1 Å². The van der Waals surface area contributed by atoms with Gasteiger partial charge in [-0.1, -0.05) is 0 Å². The summed E-state index contributed by atoms with van der Waals surface area (Å²) in [7, 11) is 0. The summed E-state index contributed by atoms with van der Waals surface area (Å²) in [5.41, 5.74) is 5.43. The van der Waals surface area contributed by atoms with Crippen LogP contribution in [0.1, 0.15) is 33.6 Å². The minimum Gasteiger partial charge on any atom is -0.460 e. The average molecular weight is 243 g/mol. The Morgan fingerprint density at radius 3 is 2.71 bits per heavy atom. The molecular formula is C12H25N3O2. The summed E-state index contributed by atoms with van der Waals surface area (Å²) >= 11 is 0. The van der Waals surface area contributed by atoms with Crippen LogP contribution in [0.3, 0.4) is 0 Å². The van der Waals surface area contributed by atoms with Crippen LogP contribution < -0.4 is 16.4 Å². The van der Waals surface area contributed by atoms with Crippen molar-refractivity contribution in [2.24, 2.45) is 5.73 Å². The highest BCUT2D eigenvalue weighted by Gasteiger charge is 2.19. The van der Waals surface area contributed by atoms with Crippen LogP contribution in [0.5, 0.6) is 0 Å². The molecule has 2 unspecified atom stereocenters. The van der Waals surface area contributed by atoms with Gasteiger partial charge in [0.05, 0.1) is 0 Å². The first-order valence-electron chi connectivity index (χ1n) is 6.28. The van der Waals surface area contributed by atoms with Gasteiger partial charge in [0.1, 0.15) is 5.60 Å². The number of nitrogens with two attached hydrogens (primary N) is 1. The molecule has 0 amide bonds. The molecule has 1 aliphatic heterocycles. The number of nitrogens with one attached hydrogen (secondary N) is 2. The summed E-state index contributed by atoms with van der Waals surface area (Å²) in [6.45, 7) is 8.14. The Labute approximate surface area is 103 Å². The lowest BCUT2D eigenvalue weighted by Gasteiger charge is -2.21. The molecular weight excluding hydrogens is 218 g/mol. The van der Waals surface area contributed by atoms with E-state index in [-0.39, 0.29) is 12.0 Å². The fourth-order valence-corrected chi connectivity index (χ4v) is 1.79. The lowest BCUT2D eigenvalue weighted by molar-refractivity contribution is -0.155. The molecule has 4 N–H and O–H groups in total. The fraction of sp³-hybridized carbons (Fsp3) is 0.917. The molecule has 0 aliphatic carbocycles. The number of ether oxygens (including phenoxy) is 1. The summed E-state index contributed by atoms with van der Waals surface area (Å²) in [6, 6.07) is 0.456. The molecule has 0 saturated carbocycles. The minimum atomic E-state index is -0.394. The zero-order valence-corrected chi connectivity index (χ0v) is 11.1. The van der Waals surface area contributed by atoms with Gasteiger partial charge in [0.25, 0.3) is 0 Å². The van der Waals surface area contributed by atoms with Crippen LogP contribution in [-0.4, -0.2) is 43.3 Å². The van der Waals surface area contributed by atoms with Crippen molar-refractivity contribution in [2.45, 2.75) is 51.3 Å². The van der Waals surface area contributed by atoms with Crippen LogP contribution in [-0.2, 0) is 9.53 Å². The Morgan fingerprint density at radius 1 is 1.35 bits per heavy atom. The summed E-state index contributed by atoms with van der Waals surface area (Å²) in [5, 5.41) is 6.63. The lowest BCUT2D eigenvalue weighted by atomic mass is 10.1. The second kappa shape index (κ2) is 6.33. The van der Waals surface area contributed by atoms with E-state index in [1.807, 2.05) is 20.8 Å². The van der Waals surface area contributed by atoms with Gasteiger partial charge in [-0.3, -0.25) is 4.79 Å². The molecule has 0 aromatic heterocycles. The Kier molecular flexibility index (Phi) is 5.36.